The van der Waals surface area contributed by atoms with Crippen molar-refractivity contribution < 1.29 is 4.79 Å². The summed E-state index contributed by atoms with van der Waals surface area (Å²) in [6.07, 6.45) is 0. The van der Waals surface area contributed by atoms with Crippen LogP contribution in [0.2, 0.25) is 5.02 Å². The maximum absolute atomic E-state index is 12.2. The Morgan fingerprint density at radius 1 is 1.04 bits per heavy atom. The van der Waals surface area contributed by atoms with E-state index in [0.717, 1.165) is 16.7 Å². The number of rotatable bonds is 5. The van der Waals surface area contributed by atoms with Gasteiger partial charge in [-0.25, -0.2) is 4.68 Å². The molecule has 0 saturated carbocycles. The number of benzene rings is 2. The minimum atomic E-state index is -0.317. The van der Waals surface area contributed by atoms with E-state index in [1.165, 1.54) is 10.7 Å². The van der Waals surface area contributed by atoms with Crippen molar-refractivity contribution in [3.05, 3.63) is 87.2 Å². The molecule has 0 radical (unpaired) electrons. The number of halogens is 1. The lowest BCUT2D eigenvalue weighted by Gasteiger charge is -2.09. The maximum Gasteiger partial charge on any atom is 0.267 e. The summed E-state index contributed by atoms with van der Waals surface area (Å²) < 4.78 is 1.17. The van der Waals surface area contributed by atoms with E-state index in [2.05, 4.69) is 10.4 Å². The number of aryl methyl sites for hydroxylation is 1. The Morgan fingerprint density at radius 2 is 1.73 bits per heavy atom. The van der Waals surface area contributed by atoms with Crippen molar-refractivity contribution >= 4 is 17.5 Å². The number of nitrogens with one attached hydrogen (secondary N) is 1. The molecule has 0 fully saturated rings. The summed E-state index contributed by atoms with van der Waals surface area (Å²) in [5.41, 5.74) is 3.30. The first-order chi connectivity index (χ1) is 12.5. The van der Waals surface area contributed by atoms with Crippen LogP contribution in [0.25, 0.3) is 11.3 Å². The van der Waals surface area contributed by atoms with Crippen LogP contribution in [0.1, 0.15) is 11.1 Å². The summed E-state index contributed by atoms with van der Waals surface area (Å²) in [7, 11) is 0. The number of carbonyl (C=O) groups excluding carboxylic acids is 1. The molecule has 0 aliphatic carbocycles. The molecule has 6 heteroatoms. The molecule has 2 aromatic carbocycles. The zero-order valence-corrected chi connectivity index (χ0v) is 15.0. The van der Waals surface area contributed by atoms with Gasteiger partial charge in [-0.15, -0.1) is 0 Å². The molecule has 26 heavy (non-hydrogen) atoms. The van der Waals surface area contributed by atoms with Crippen molar-refractivity contribution in [2.75, 3.05) is 0 Å². The van der Waals surface area contributed by atoms with Gasteiger partial charge in [-0.05, 0) is 30.7 Å². The molecule has 3 aromatic rings. The van der Waals surface area contributed by atoms with E-state index < -0.39 is 0 Å². The highest BCUT2D eigenvalue weighted by atomic mass is 35.5. The van der Waals surface area contributed by atoms with Crippen LogP contribution < -0.4 is 10.9 Å². The van der Waals surface area contributed by atoms with E-state index in [4.69, 9.17) is 11.6 Å². The first-order valence-corrected chi connectivity index (χ1v) is 8.55. The van der Waals surface area contributed by atoms with E-state index in [9.17, 15) is 9.59 Å². The van der Waals surface area contributed by atoms with Gasteiger partial charge in [-0.2, -0.15) is 5.10 Å². The van der Waals surface area contributed by atoms with Gasteiger partial charge in [-0.3, -0.25) is 9.59 Å². The highest BCUT2D eigenvalue weighted by molar-refractivity contribution is 6.30. The van der Waals surface area contributed by atoms with Crippen LogP contribution in [0.3, 0.4) is 0 Å². The fourth-order valence-corrected chi connectivity index (χ4v) is 2.56. The van der Waals surface area contributed by atoms with Gasteiger partial charge in [0.2, 0.25) is 5.91 Å². The minimum absolute atomic E-state index is 0.133. The van der Waals surface area contributed by atoms with E-state index in [1.54, 1.807) is 18.2 Å². The van der Waals surface area contributed by atoms with Crippen LogP contribution in [0.5, 0.6) is 0 Å². The van der Waals surface area contributed by atoms with E-state index in [0.29, 0.717) is 17.3 Å². The van der Waals surface area contributed by atoms with Crippen molar-refractivity contribution in [1.82, 2.24) is 15.1 Å². The summed E-state index contributed by atoms with van der Waals surface area (Å²) >= 11 is 5.84. The summed E-state index contributed by atoms with van der Waals surface area (Å²) in [6, 6.07) is 18.1. The van der Waals surface area contributed by atoms with Crippen molar-refractivity contribution in [2.24, 2.45) is 0 Å². The number of hydrogen-bond donors (Lipinski definition) is 1. The molecule has 1 N–H and O–H groups in total. The summed E-state index contributed by atoms with van der Waals surface area (Å²) in [4.78, 5) is 24.2. The molecule has 132 valence electrons. The zero-order valence-electron chi connectivity index (χ0n) is 14.3. The molecule has 5 nitrogen and oxygen atoms in total. The molecular formula is C20H18ClN3O2. The third-order valence-corrected chi connectivity index (χ3v) is 4.16. The number of hydrogen-bond acceptors (Lipinski definition) is 3. The minimum Gasteiger partial charge on any atom is -0.350 e. The van der Waals surface area contributed by atoms with Crippen LogP contribution in [0.15, 0.2) is 65.5 Å². The summed E-state index contributed by atoms with van der Waals surface area (Å²) in [5.74, 6) is -0.282. The predicted octanol–water partition coefficient (Wildman–Crippen LogP) is 3.19. The molecule has 0 spiro atoms. The highest BCUT2D eigenvalue weighted by Gasteiger charge is 2.08. The number of amides is 1. The quantitative estimate of drug-likeness (QED) is 0.753. The van der Waals surface area contributed by atoms with Crippen LogP contribution >= 0.6 is 11.6 Å². The lowest BCUT2D eigenvalue weighted by molar-refractivity contribution is -0.122. The van der Waals surface area contributed by atoms with Crippen LogP contribution in [0.4, 0.5) is 0 Å². The number of aromatic nitrogens is 2. The van der Waals surface area contributed by atoms with Gasteiger partial charge in [-0.1, -0.05) is 53.6 Å². The second kappa shape index (κ2) is 7.97. The summed E-state index contributed by atoms with van der Waals surface area (Å²) in [6.45, 7) is 2.23. The standard InChI is InChI=1S/C20H18ClN3O2/c1-14-2-6-16(7-3-14)18-10-11-20(26)24(23-18)13-19(25)22-12-15-4-8-17(21)9-5-15/h2-11H,12-13H2,1H3,(H,22,25). The first kappa shape index (κ1) is 17.9. The average molecular weight is 368 g/mol. The Hall–Kier alpha value is -2.92. The van der Waals surface area contributed by atoms with Gasteiger partial charge >= 0.3 is 0 Å². The smallest absolute Gasteiger partial charge is 0.267 e. The fraction of sp³-hybridized carbons (Fsp3) is 0.150. The summed E-state index contributed by atoms with van der Waals surface area (Å²) in [5, 5.41) is 7.73. The molecule has 0 atom stereocenters. The first-order valence-electron chi connectivity index (χ1n) is 8.17. The van der Waals surface area contributed by atoms with Gasteiger partial charge in [0, 0.05) is 23.2 Å². The molecule has 0 bridgehead atoms. The second-order valence-electron chi connectivity index (χ2n) is 5.98. The van der Waals surface area contributed by atoms with Crippen molar-refractivity contribution in [1.29, 1.82) is 0 Å². The lowest BCUT2D eigenvalue weighted by Crippen LogP contribution is -2.33. The second-order valence-corrected chi connectivity index (χ2v) is 6.42. The molecule has 1 aromatic heterocycles. The number of nitrogens with zero attached hydrogens (tertiary/aromatic N) is 2. The monoisotopic (exact) mass is 367 g/mol. The molecule has 1 heterocycles. The molecule has 3 rings (SSSR count). The Bertz CT molecular complexity index is 964. The lowest BCUT2D eigenvalue weighted by atomic mass is 10.1. The Morgan fingerprint density at radius 3 is 2.42 bits per heavy atom. The van der Waals surface area contributed by atoms with Crippen LogP contribution in [0, 0.1) is 6.92 Å². The van der Waals surface area contributed by atoms with Gasteiger partial charge < -0.3 is 5.32 Å². The maximum atomic E-state index is 12.2. The molecular weight excluding hydrogens is 350 g/mol. The molecule has 1 amide bonds. The van der Waals surface area contributed by atoms with Gasteiger partial charge in [0.25, 0.3) is 5.56 Å². The predicted molar refractivity (Wildman–Crippen MR) is 102 cm³/mol. The molecule has 0 saturated heterocycles. The SMILES string of the molecule is Cc1ccc(-c2ccc(=O)n(CC(=O)NCc3ccc(Cl)cc3)n2)cc1. The van der Waals surface area contributed by atoms with Crippen LogP contribution in [-0.2, 0) is 17.9 Å². The van der Waals surface area contributed by atoms with E-state index >= 15 is 0 Å². The van der Waals surface area contributed by atoms with Gasteiger partial charge in [0.15, 0.2) is 0 Å². The average Bonchev–Trinajstić information content (AvgIpc) is 2.64. The van der Waals surface area contributed by atoms with Crippen molar-refractivity contribution in [2.45, 2.75) is 20.0 Å². The Labute approximate surface area is 156 Å². The van der Waals surface area contributed by atoms with Crippen LogP contribution in [-0.4, -0.2) is 15.7 Å². The topological polar surface area (TPSA) is 64.0 Å². The van der Waals surface area contributed by atoms with E-state index in [-0.39, 0.29) is 18.0 Å². The van der Waals surface area contributed by atoms with E-state index in [1.807, 2.05) is 43.3 Å². The van der Waals surface area contributed by atoms with Crippen molar-refractivity contribution in [3.8, 4) is 11.3 Å². The molecule has 0 aliphatic rings. The fourth-order valence-electron chi connectivity index (χ4n) is 2.44. The highest BCUT2D eigenvalue weighted by Crippen LogP contribution is 2.15. The molecule has 0 aliphatic heterocycles. The third kappa shape index (κ3) is 4.58. The Balaban J connectivity index is 1.69. The van der Waals surface area contributed by atoms with Crippen molar-refractivity contribution in [3.63, 3.8) is 0 Å². The van der Waals surface area contributed by atoms with Gasteiger partial charge in [0.1, 0.15) is 6.54 Å². The largest absolute Gasteiger partial charge is 0.350 e. The zero-order chi connectivity index (χ0) is 18.5. The molecule has 0 unspecified atom stereocenters. The Kier molecular flexibility index (Phi) is 5.49. The number of carbonyl (C=O) groups is 1. The van der Waals surface area contributed by atoms with Gasteiger partial charge in [0.05, 0.1) is 5.69 Å². The normalized spacial score (nSPS) is 10.5. The third-order valence-electron chi connectivity index (χ3n) is 3.91.